The van der Waals surface area contributed by atoms with Gasteiger partial charge in [0.25, 0.3) is 5.56 Å². The van der Waals surface area contributed by atoms with Gasteiger partial charge in [-0.2, -0.15) is 0 Å². The van der Waals surface area contributed by atoms with Crippen LogP contribution in [0.15, 0.2) is 28.4 Å². The molecule has 40 heavy (non-hydrogen) atoms. The number of aryl methyl sites for hydroxylation is 1. The Bertz CT molecular complexity index is 1740. The summed E-state index contributed by atoms with van der Waals surface area (Å²) in [6.07, 6.45) is 6.75. The van der Waals surface area contributed by atoms with Crippen molar-refractivity contribution in [3.8, 4) is 17.3 Å². The van der Waals surface area contributed by atoms with Crippen molar-refractivity contribution < 1.29 is 13.2 Å². The van der Waals surface area contributed by atoms with Crippen LogP contribution in [0.4, 0.5) is 5.82 Å². The molecular formula is C26H31N9O4S. The molecular weight excluding hydrogens is 534 g/mol. The minimum absolute atomic E-state index is 0.0424. The van der Waals surface area contributed by atoms with Crippen molar-refractivity contribution in [1.82, 2.24) is 39.5 Å². The van der Waals surface area contributed by atoms with E-state index in [1.165, 1.54) is 18.7 Å². The van der Waals surface area contributed by atoms with Crippen molar-refractivity contribution in [3.63, 3.8) is 0 Å². The number of rotatable bonds is 10. The number of aromatic nitrogens is 8. The summed E-state index contributed by atoms with van der Waals surface area (Å²) in [7, 11) is -1.86. The molecule has 4 aromatic heterocycles. The van der Waals surface area contributed by atoms with E-state index in [1.807, 2.05) is 20.8 Å². The summed E-state index contributed by atoms with van der Waals surface area (Å²) in [4.78, 5) is 45.0. The first kappa shape index (κ1) is 27.5. The molecule has 0 bridgehead atoms. The standard InChI is InChI=1S/C26H31N9O4S/c1-6-14(3)35-24-20(15(4)32-22(34-24)19-21(16-8-9-16)30-13-31-25(19)39-5)33-23(26(35)36)29-12-18-27-10-17(11-28-18)40(37,38)7-2/h10-11,13-14,16H,6-9,12H2,1-5H3,(H,29,33)/t14-/m0/s1. The number of nitrogens with zero attached hydrogens (tertiary/aromatic N) is 8. The van der Waals surface area contributed by atoms with E-state index in [0.717, 1.165) is 18.5 Å². The Kier molecular flexibility index (Phi) is 7.45. The summed E-state index contributed by atoms with van der Waals surface area (Å²) < 4.78 is 31.3. The summed E-state index contributed by atoms with van der Waals surface area (Å²) in [6, 6.07) is -0.188. The quantitative estimate of drug-likeness (QED) is 0.299. The molecule has 1 aliphatic carbocycles. The lowest BCUT2D eigenvalue weighted by Crippen LogP contribution is -2.29. The molecule has 0 aromatic carbocycles. The Labute approximate surface area is 231 Å². The lowest BCUT2D eigenvalue weighted by Gasteiger charge is -2.19. The van der Waals surface area contributed by atoms with Crippen molar-refractivity contribution in [2.45, 2.75) is 70.4 Å². The van der Waals surface area contributed by atoms with E-state index >= 15 is 0 Å². The van der Waals surface area contributed by atoms with E-state index in [9.17, 15) is 13.2 Å². The predicted octanol–water partition coefficient (Wildman–Crippen LogP) is 3.00. The number of hydrogen-bond acceptors (Lipinski definition) is 12. The van der Waals surface area contributed by atoms with Crippen LogP contribution in [0, 0.1) is 6.92 Å². The molecule has 1 N–H and O–H groups in total. The molecule has 4 heterocycles. The van der Waals surface area contributed by atoms with E-state index < -0.39 is 9.84 Å². The fourth-order valence-corrected chi connectivity index (χ4v) is 5.14. The second kappa shape index (κ2) is 10.8. The van der Waals surface area contributed by atoms with Gasteiger partial charge in [-0.25, -0.2) is 43.3 Å². The van der Waals surface area contributed by atoms with Crippen LogP contribution >= 0.6 is 0 Å². The average Bonchev–Trinajstić information content (AvgIpc) is 3.81. The summed E-state index contributed by atoms with van der Waals surface area (Å²) in [6.45, 7) is 7.38. The highest BCUT2D eigenvalue weighted by Gasteiger charge is 2.32. The molecule has 1 atom stereocenters. The van der Waals surface area contributed by atoms with Crippen LogP contribution in [0.2, 0.25) is 0 Å². The van der Waals surface area contributed by atoms with Gasteiger partial charge in [0.15, 0.2) is 27.1 Å². The monoisotopic (exact) mass is 565 g/mol. The minimum Gasteiger partial charge on any atom is -0.480 e. The Morgan fingerprint density at radius 3 is 2.45 bits per heavy atom. The maximum Gasteiger partial charge on any atom is 0.295 e. The highest BCUT2D eigenvalue weighted by Crippen LogP contribution is 2.45. The van der Waals surface area contributed by atoms with E-state index in [0.29, 0.717) is 52.3 Å². The normalized spacial score (nSPS) is 14.3. The molecule has 0 amide bonds. The van der Waals surface area contributed by atoms with E-state index in [2.05, 4.69) is 30.2 Å². The highest BCUT2D eigenvalue weighted by atomic mass is 32.2. The Hall–Kier alpha value is -4.07. The SMILES string of the molecule is CC[C@H](C)n1c(=O)c(NCc2ncc(S(=O)(=O)CC)cn2)nc2c(C)nc(-c3c(OC)ncnc3C3CC3)nc21. The van der Waals surface area contributed by atoms with Crippen molar-refractivity contribution in [1.29, 1.82) is 0 Å². The van der Waals surface area contributed by atoms with Crippen molar-refractivity contribution in [3.05, 3.63) is 46.3 Å². The summed E-state index contributed by atoms with van der Waals surface area (Å²) in [5.74, 6) is 1.44. The van der Waals surface area contributed by atoms with Gasteiger partial charge in [0.05, 0.1) is 30.8 Å². The molecule has 0 aliphatic heterocycles. The number of hydrogen-bond donors (Lipinski definition) is 1. The molecule has 4 aromatic rings. The summed E-state index contributed by atoms with van der Waals surface area (Å²) in [5, 5.41) is 3.02. The first-order chi connectivity index (χ1) is 19.2. The third-order valence-corrected chi connectivity index (χ3v) is 8.69. The maximum absolute atomic E-state index is 13.7. The fraction of sp³-hybridized carbons (Fsp3) is 0.462. The topological polar surface area (TPSA) is 168 Å². The van der Waals surface area contributed by atoms with Crippen molar-refractivity contribution in [2.75, 3.05) is 18.2 Å². The van der Waals surface area contributed by atoms with E-state index in [1.54, 1.807) is 18.6 Å². The predicted molar refractivity (Wildman–Crippen MR) is 148 cm³/mol. The molecule has 0 saturated heterocycles. The van der Waals surface area contributed by atoms with Gasteiger partial charge >= 0.3 is 0 Å². The number of methoxy groups -OCH3 is 1. The molecule has 14 heteroatoms. The molecule has 210 valence electrons. The molecule has 13 nitrogen and oxygen atoms in total. The third kappa shape index (κ3) is 5.10. The lowest BCUT2D eigenvalue weighted by atomic mass is 10.1. The molecule has 5 rings (SSSR count). The first-order valence-corrected chi connectivity index (χ1v) is 14.8. The Balaban J connectivity index is 1.58. The van der Waals surface area contributed by atoms with Crippen molar-refractivity contribution >= 4 is 26.8 Å². The van der Waals surface area contributed by atoms with Crippen molar-refractivity contribution in [2.24, 2.45) is 0 Å². The van der Waals surface area contributed by atoms with Gasteiger partial charge in [0.2, 0.25) is 5.88 Å². The lowest BCUT2D eigenvalue weighted by molar-refractivity contribution is 0.397. The van der Waals surface area contributed by atoms with Crippen LogP contribution in [-0.2, 0) is 16.4 Å². The zero-order chi connectivity index (χ0) is 28.6. The minimum atomic E-state index is -3.41. The van der Waals surface area contributed by atoms with Gasteiger partial charge in [-0.15, -0.1) is 0 Å². The number of ether oxygens (including phenoxy) is 1. The van der Waals surface area contributed by atoms with Crippen LogP contribution in [0.3, 0.4) is 0 Å². The number of nitrogens with one attached hydrogen (secondary N) is 1. The molecule has 1 aliphatic rings. The van der Waals surface area contributed by atoms with Crippen LogP contribution in [0.5, 0.6) is 5.88 Å². The molecule has 1 saturated carbocycles. The third-order valence-electron chi connectivity index (χ3n) is 7.00. The Morgan fingerprint density at radius 1 is 1.10 bits per heavy atom. The largest absolute Gasteiger partial charge is 0.480 e. The fourth-order valence-electron chi connectivity index (χ4n) is 4.38. The first-order valence-electron chi connectivity index (χ1n) is 13.2. The molecule has 1 fully saturated rings. The number of fused-ring (bicyclic) bond motifs is 1. The van der Waals surface area contributed by atoms with Gasteiger partial charge < -0.3 is 10.1 Å². The Morgan fingerprint density at radius 2 is 1.82 bits per heavy atom. The smallest absolute Gasteiger partial charge is 0.295 e. The van der Waals surface area contributed by atoms with E-state index in [-0.39, 0.29) is 34.6 Å². The molecule has 0 unspecified atom stereocenters. The van der Waals surface area contributed by atoms with Gasteiger partial charge in [-0.1, -0.05) is 13.8 Å². The van der Waals surface area contributed by atoms with E-state index in [4.69, 9.17) is 14.7 Å². The second-order valence-corrected chi connectivity index (χ2v) is 12.0. The van der Waals surface area contributed by atoms with Gasteiger partial charge in [0.1, 0.15) is 28.1 Å². The highest BCUT2D eigenvalue weighted by molar-refractivity contribution is 7.91. The second-order valence-electron chi connectivity index (χ2n) is 9.71. The summed E-state index contributed by atoms with van der Waals surface area (Å²) in [5.41, 5.74) is 2.58. The van der Waals surface area contributed by atoms with Gasteiger partial charge in [0, 0.05) is 24.4 Å². The zero-order valence-corrected chi connectivity index (χ0v) is 23.9. The maximum atomic E-state index is 13.7. The number of sulfone groups is 1. The van der Waals surface area contributed by atoms with Crippen LogP contribution in [0.25, 0.3) is 22.6 Å². The van der Waals surface area contributed by atoms with Gasteiger partial charge in [-0.3, -0.25) is 9.36 Å². The zero-order valence-electron chi connectivity index (χ0n) is 23.0. The average molecular weight is 566 g/mol. The van der Waals surface area contributed by atoms with Crippen LogP contribution in [0.1, 0.15) is 69.2 Å². The molecule has 0 spiro atoms. The van der Waals surface area contributed by atoms with Gasteiger partial charge in [-0.05, 0) is 33.1 Å². The summed E-state index contributed by atoms with van der Waals surface area (Å²) >= 11 is 0. The molecule has 0 radical (unpaired) electrons. The van der Waals surface area contributed by atoms with Crippen LogP contribution in [-0.4, -0.2) is 60.7 Å². The number of anilines is 1. The van der Waals surface area contributed by atoms with Crippen LogP contribution < -0.4 is 15.6 Å².